The zero-order chi connectivity index (χ0) is 18.3. The van der Waals surface area contributed by atoms with Gasteiger partial charge in [0, 0.05) is 4.47 Å². The Labute approximate surface area is 156 Å². The molecule has 0 atom stereocenters. The van der Waals surface area contributed by atoms with Crippen molar-refractivity contribution in [1.29, 1.82) is 0 Å². The summed E-state index contributed by atoms with van der Waals surface area (Å²) in [5, 5.41) is 0. The summed E-state index contributed by atoms with van der Waals surface area (Å²) in [5.41, 5.74) is 0.775. The third-order valence-corrected chi connectivity index (χ3v) is 4.37. The van der Waals surface area contributed by atoms with Gasteiger partial charge in [-0.3, -0.25) is 9.59 Å². The lowest BCUT2D eigenvalue weighted by atomic mass is 10.1. The molecule has 0 radical (unpaired) electrons. The van der Waals surface area contributed by atoms with Crippen molar-refractivity contribution in [1.82, 2.24) is 0 Å². The van der Waals surface area contributed by atoms with Crippen LogP contribution >= 0.6 is 15.9 Å². The van der Waals surface area contributed by atoms with E-state index in [0.717, 1.165) is 4.90 Å². The van der Waals surface area contributed by atoms with Crippen molar-refractivity contribution in [3.05, 3.63) is 82.2 Å². The molecule has 2 heterocycles. The summed E-state index contributed by atoms with van der Waals surface area (Å²) in [6.07, 6.45) is 1.35. The minimum absolute atomic E-state index is 0.0195. The normalized spacial score (nSPS) is 13.0. The van der Waals surface area contributed by atoms with Crippen LogP contribution in [0, 0.1) is 0 Å². The summed E-state index contributed by atoms with van der Waals surface area (Å²) >= 11 is 3.30. The van der Waals surface area contributed by atoms with Crippen LogP contribution in [-0.2, 0) is 0 Å². The number of rotatable bonds is 3. The first-order chi connectivity index (χ1) is 12.6. The van der Waals surface area contributed by atoms with Gasteiger partial charge in [0.2, 0.25) is 5.76 Å². The lowest BCUT2D eigenvalue weighted by Gasteiger charge is -2.17. The second kappa shape index (κ2) is 6.27. The number of nitrogens with zero attached hydrogens (tertiary/aromatic N) is 1. The Kier molecular flexibility index (Phi) is 3.93. The number of esters is 1. The Morgan fingerprint density at radius 1 is 0.962 bits per heavy atom. The quantitative estimate of drug-likeness (QED) is 0.368. The van der Waals surface area contributed by atoms with Gasteiger partial charge in [0.25, 0.3) is 11.8 Å². The fourth-order valence-corrected chi connectivity index (χ4v) is 3.07. The summed E-state index contributed by atoms with van der Waals surface area (Å²) in [6, 6.07) is 14.2. The van der Waals surface area contributed by atoms with Crippen molar-refractivity contribution in [2.45, 2.75) is 0 Å². The van der Waals surface area contributed by atoms with Gasteiger partial charge in [0.15, 0.2) is 5.75 Å². The van der Waals surface area contributed by atoms with Gasteiger partial charge < -0.3 is 9.15 Å². The highest BCUT2D eigenvalue weighted by molar-refractivity contribution is 9.10. The molecule has 0 spiro atoms. The smallest absolute Gasteiger partial charge is 0.379 e. The maximum atomic E-state index is 12.8. The Morgan fingerprint density at radius 2 is 1.73 bits per heavy atom. The van der Waals surface area contributed by atoms with Gasteiger partial charge in [0.1, 0.15) is 0 Å². The van der Waals surface area contributed by atoms with E-state index in [4.69, 9.17) is 9.15 Å². The molecule has 0 fully saturated rings. The van der Waals surface area contributed by atoms with Crippen LogP contribution in [0.1, 0.15) is 31.3 Å². The standard InChI is InChI=1S/C19H10BrNO5/c20-11-7-8-12-13(10-11)18(23)21(17(12)22)14-4-1-2-5-15(14)26-19(24)16-6-3-9-25-16/h1-10H. The molecule has 1 aliphatic rings. The maximum absolute atomic E-state index is 12.8. The topological polar surface area (TPSA) is 76.8 Å². The van der Waals surface area contributed by atoms with E-state index in [-0.39, 0.29) is 22.8 Å². The van der Waals surface area contributed by atoms with Crippen molar-refractivity contribution in [2.24, 2.45) is 0 Å². The second-order valence-electron chi connectivity index (χ2n) is 5.47. The number of para-hydroxylation sites is 2. The average Bonchev–Trinajstić information content (AvgIpc) is 3.24. The molecule has 0 N–H and O–H groups in total. The number of hydrogen-bond donors (Lipinski definition) is 0. The largest absolute Gasteiger partial charge is 0.457 e. The van der Waals surface area contributed by atoms with E-state index in [1.165, 1.54) is 18.4 Å². The maximum Gasteiger partial charge on any atom is 0.379 e. The fourth-order valence-electron chi connectivity index (χ4n) is 2.70. The fraction of sp³-hybridized carbons (Fsp3) is 0. The second-order valence-corrected chi connectivity index (χ2v) is 6.39. The van der Waals surface area contributed by atoms with E-state index in [1.54, 1.807) is 42.5 Å². The molecule has 0 saturated carbocycles. The van der Waals surface area contributed by atoms with Gasteiger partial charge in [-0.25, -0.2) is 9.69 Å². The highest BCUT2D eigenvalue weighted by Crippen LogP contribution is 2.36. The third-order valence-electron chi connectivity index (χ3n) is 3.88. The van der Waals surface area contributed by atoms with Gasteiger partial charge in [-0.1, -0.05) is 28.1 Å². The van der Waals surface area contributed by atoms with Crippen molar-refractivity contribution in [3.8, 4) is 5.75 Å². The molecule has 26 heavy (non-hydrogen) atoms. The summed E-state index contributed by atoms with van der Waals surface area (Å²) in [6.45, 7) is 0. The Morgan fingerprint density at radius 3 is 2.50 bits per heavy atom. The van der Waals surface area contributed by atoms with Gasteiger partial charge in [-0.2, -0.15) is 0 Å². The minimum atomic E-state index is -0.721. The molecule has 1 aliphatic heterocycles. The highest BCUT2D eigenvalue weighted by Gasteiger charge is 2.38. The van der Waals surface area contributed by atoms with Crippen molar-refractivity contribution in [2.75, 3.05) is 4.90 Å². The highest BCUT2D eigenvalue weighted by atomic mass is 79.9. The van der Waals surface area contributed by atoms with Crippen LogP contribution in [0.15, 0.2) is 69.8 Å². The van der Waals surface area contributed by atoms with Crippen LogP contribution in [0.25, 0.3) is 0 Å². The van der Waals surface area contributed by atoms with Crippen molar-refractivity contribution in [3.63, 3.8) is 0 Å². The van der Waals surface area contributed by atoms with Crippen LogP contribution in [0.4, 0.5) is 5.69 Å². The first-order valence-corrected chi connectivity index (χ1v) is 8.38. The Bertz CT molecular complexity index is 1040. The molecule has 0 bridgehead atoms. The molecule has 7 heteroatoms. The number of ether oxygens (including phenoxy) is 1. The van der Waals surface area contributed by atoms with Crippen LogP contribution in [0.2, 0.25) is 0 Å². The number of furan rings is 1. The van der Waals surface area contributed by atoms with E-state index < -0.39 is 17.8 Å². The minimum Gasteiger partial charge on any atom is -0.457 e. The SMILES string of the molecule is O=C(Oc1ccccc1N1C(=O)c2ccc(Br)cc2C1=O)c1ccco1. The van der Waals surface area contributed by atoms with E-state index >= 15 is 0 Å². The zero-order valence-corrected chi connectivity index (χ0v) is 14.7. The molecule has 3 aromatic rings. The molecule has 0 unspecified atom stereocenters. The lowest BCUT2D eigenvalue weighted by molar-refractivity contribution is 0.0699. The number of hydrogen-bond acceptors (Lipinski definition) is 5. The Balaban J connectivity index is 1.72. The monoisotopic (exact) mass is 411 g/mol. The van der Waals surface area contributed by atoms with E-state index in [2.05, 4.69) is 15.9 Å². The number of halogens is 1. The molecular formula is C19H10BrNO5. The zero-order valence-electron chi connectivity index (χ0n) is 13.1. The van der Waals surface area contributed by atoms with Crippen LogP contribution < -0.4 is 9.64 Å². The van der Waals surface area contributed by atoms with Crippen LogP contribution in [0.3, 0.4) is 0 Å². The molecule has 4 rings (SSSR count). The van der Waals surface area contributed by atoms with Gasteiger partial charge >= 0.3 is 5.97 Å². The molecule has 0 saturated heterocycles. The molecule has 2 amide bonds. The first-order valence-electron chi connectivity index (χ1n) is 7.59. The number of fused-ring (bicyclic) bond motifs is 1. The van der Waals surface area contributed by atoms with Crippen LogP contribution in [-0.4, -0.2) is 17.8 Å². The summed E-state index contributed by atoms with van der Waals surface area (Å²) in [5.74, 6) is -1.57. The van der Waals surface area contributed by atoms with Crippen molar-refractivity contribution >= 4 is 39.4 Å². The molecule has 6 nitrogen and oxygen atoms in total. The summed E-state index contributed by atoms with van der Waals surface area (Å²) < 4.78 is 11.0. The summed E-state index contributed by atoms with van der Waals surface area (Å²) in [7, 11) is 0. The first kappa shape index (κ1) is 16.3. The number of carbonyl (C=O) groups is 3. The summed E-state index contributed by atoms with van der Waals surface area (Å²) in [4.78, 5) is 38.6. The predicted octanol–water partition coefficient (Wildman–Crippen LogP) is 4.06. The third kappa shape index (κ3) is 2.62. The van der Waals surface area contributed by atoms with E-state index in [9.17, 15) is 14.4 Å². The molecule has 0 aliphatic carbocycles. The number of carbonyl (C=O) groups excluding carboxylic acids is 3. The predicted molar refractivity (Wildman–Crippen MR) is 95.4 cm³/mol. The number of imide groups is 1. The van der Waals surface area contributed by atoms with Gasteiger partial charge in [0.05, 0.1) is 23.1 Å². The number of amides is 2. The van der Waals surface area contributed by atoms with E-state index in [1.807, 2.05) is 0 Å². The lowest BCUT2D eigenvalue weighted by Crippen LogP contribution is -2.30. The van der Waals surface area contributed by atoms with Gasteiger partial charge in [-0.15, -0.1) is 0 Å². The number of anilines is 1. The molecule has 1 aromatic heterocycles. The molecule has 128 valence electrons. The van der Waals surface area contributed by atoms with E-state index in [0.29, 0.717) is 10.0 Å². The average molecular weight is 412 g/mol. The molecule has 2 aromatic carbocycles. The van der Waals surface area contributed by atoms with Crippen molar-refractivity contribution < 1.29 is 23.5 Å². The van der Waals surface area contributed by atoms with Gasteiger partial charge in [-0.05, 0) is 42.5 Å². The van der Waals surface area contributed by atoms with Crippen LogP contribution in [0.5, 0.6) is 5.75 Å². The Hall–Kier alpha value is -3.19. The molecular weight excluding hydrogens is 402 g/mol. The number of benzene rings is 2.